The van der Waals surface area contributed by atoms with Gasteiger partial charge in [-0.2, -0.15) is 5.10 Å². The third-order valence-electron chi connectivity index (χ3n) is 4.35. The number of amides is 1. The smallest absolute Gasteiger partial charge is 0.272 e. The fourth-order valence-electron chi connectivity index (χ4n) is 2.90. The molecule has 2 N–H and O–H groups in total. The van der Waals surface area contributed by atoms with E-state index in [9.17, 15) is 13.2 Å². The van der Waals surface area contributed by atoms with Gasteiger partial charge in [0, 0.05) is 22.7 Å². The highest BCUT2D eigenvalue weighted by atomic mass is 35.5. The molecule has 1 aromatic carbocycles. The van der Waals surface area contributed by atoms with Crippen molar-refractivity contribution in [2.24, 2.45) is 0 Å². The SMILES string of the molecule is C[C@H](/C=C/S(C)(=O)=O)NC(=O)c1ncc(N[C@@H](C)c2ccccc2Cl)n2nccc12. The van der Waals surface area contributed by atoms with Gasteiger partial charge in [-0.25, -0.2) is 17.9 Å². The molecule has 1 amide bonds. The summed E-state index contributed by atoms with van der Waals surface area (Å²) in [4.78, 5) is 17.0. The molecule has 0 fully saturated rings. The average molecular weight is 448 g/mol. The van der Waals surface area contributed by atoms with Crippen LogP contribution in [0.5, 0.6) is 0 Å². The lowest BCUT2D eigenvalue weighted by molar-refractivity contribution is 0.0943. The Hall–Kier alpha value is -2.91. The average Bonchev–Trinajstić information content (AvgIpc) is 3.16. The second-order valence-corrected chi connectivity index (χ2v) is 9.27. The summed E-state index contributed by atoms with van der Waals surface area (Å²) in [7, 11) is -3.27. The van der Waals surface area contributed by atoms with Gasteiger partial charge in [0.05, 0.1) is 24.0 Å². The predicted octanol–water partition coefficient (Wildman–Crippen LogP) is 3.23. The largest absolute Gasteiger partial charge is 0.362 e. The Bertz CT molecular complexity index is 1210. The number of fused-ring (bicyclic) bond motifs is 1. The van der Waals surface area contributed by atoms with Crippen LogP contribution in [0.4, 0.5) is 5.82 Å². The number of aromatic nitrogens is 3. The second kappa shape index (κ2) is 8.85. The van der Waals surface area contributed by atoms with E-state index in [1.165, 1.54) is 12.3 Å². The molecule has 0 bridgehead atoms. The number of nitrogens with zero attached hydrogens (tertiary/aromatic N) is 3. The normalized spacial score (nSPS) is 14.0. The monoisotopic (exact) mass is 447 g/mol. The maximum absolute atomic E-state index is 12.7. The van der Waals surface area contributed by atoms with Gasteiger partial charge in [-0.3, -0.25) is 4.79 Å². The van der Waals surface area contributed by atoms with Gasteiger partial charge in [-0.05, 0) is 31.5 Å². The second-order valence-electron chi connectivity index (χ2n) is 6.93. The van der Waals surface area contributed by atoms with Crippen LogP contribution in [-0.2, 0) is 9.84 Å². The number of halogens is 1. The number of benzene rings is 1. The molecule has 0 aliphatic heterocycles. The number of hydrogen-bond donors (Lipinski definition) is 2. The molecular weight excluding hydrogens is 426 g/mol. The fourth-order valence-corrected chi connectivity index (χ4v) is 3.72. The minimum Gasteiger partial charge on any atom is -0.362 e. The third-order valence-corrected chi connectivity index (χ3v) is 5.35. The molecule has 10 heteroatoms. The first kappa shape index (κ1) is 21.8. The van der Waals surface area contributed by atoms with E-state index in [1.807, 2.05) is 31.2 Å². The molecule has 2 aromatic heterocycles. The summed E-state index contributed by atoms with van der Waals surface area (Å²) in [5, 5.41) is 12.0. The molecule has 0 radical (unpaired) electrons. The Kier molecular flexibility index (Phi) is 6.42. The molecule has 0 aliphatic carbocycles. The molecule has 0 spiro atoms. The van der Waals surface area contributed by atoms with Crippen molar-refractivity contribution in [1.82, 2.24) is 19.9 Å². The lowest BCUT2D eigenvalue weighted by atomic mass is 10.1. The van der Waals surface area contributed by atoms with Gasteiger partial charge in [0.2, 0.25) is 0 Å². The highest BCUT2D eigenvalue weighted by Crippen LogP contribution is 2.26. The Morgan fingerprint density at radius 2 is 1.97 bits per heavy atom. The van der Waals surface area contributed by atoms with E-state index in [2.05, 4.69) is 20.7 Å². The first-order valence-electron chi connectivity index (χ1n) is 9.18. The van der Waals surface area contributed by atoms with E-state index in [0.29, 0.717) is 16.4 Å². The maximum Gasteiger partial charge on any atom is 0.272 e. The lowest BCUT2D eigenvalue weighted by Gasteiger charge is -2.18. The van der Waals surface area contributed by atoms with Crippen LogP contribution in [-0.4, -0.2) is 41.2 Å². The van der Waals surface area contributed by atoms with Gasteiger partial charge in [0.1, 0.15) is 5.82 Å². The number of nitrogens with one attached hydrogen (secondary N) is 2. The molecule has 158 valence electrons. The number of carbonyl (C=O) groups is 1. The van der Waals surface area contributed by atoms with Crippen LogP contribution >= 0.6 is 11.6 Å². The van der Waals surface area contributed by atoms with Crippen molar-refractivity contribution in [2.45, 2.75) is 25.9 Å². The number of carbonyl (C=O) groups excluding carboxylic acids is 1. The number of hydrogen-bond acceptors (Lipinski definition) is 6. The molecule has 0 saturated carbocycles. The van der Waals surface area contributed by atoms with Gasteiger partial charge in [-0.1, -0.05) is 35.9 Å². The van der Waals surface area contributed by atoms with Crippen LogP contribution in [0.2, 0.25) is 5.02 Å². The number of rotatable bonds is 7. The molecular formula is C20H22ClN5O3S. The third kappa shape index (κ3) is 5.17. The molecule has 3 aromatic rings. The van der Waals surface area contributed by atoms with Crippen molar-refractivity contribution in [1.29, 1.82) is 0 Å². The fraction of sp³-hybridized carbons (Fsp3) is 0.250. The van der Waals surface area contributed by atoms with Gasteiger partial charge in [0.25, 0.3) is 5.91 Å². The summed E-state index contributed by atoms with van der Waals surface area (Å²) in [5.74, 6) is 0.167. The zero-order valence-electron chi connectivity index (χ0n) is 16.7. The van der Waals surface area contributed by atoms with E-state index in [1.54, 1.807) is 23.7 Å². The van der Waals surface area contributed by atoms with Crippen molar-refractivity contribution >= 4 is 38.7 Å². The topological polar surface area (TPSA) is 105 Å². The Labute approximate surface area is 179 Å². The summed E-state index contributed by atoms with van der Waals surface area (Å²) in [6.07, 6.45) is 5.60. The van der Waals surface area contributed by atoms with Gasteiger partial charge in [-0.15, -0.1) is 0 Å². The number of anilines is 1. The first-order chi connectivity index (χ1) is 14.2. The minimum absolute atomic E-state index is 0.117. The quantitative estimate of drug-likeness (QED) is 0.576. The molecule has 2 atom stereocenters. The molecule has 2 heterocycles. The van der Waals surface area contributed by atoms with E-state index in [0.717, 1.165) is 17.2 Å². The summed E-state index contributed by atoms with van der Waals surface area (Å²) in [6.45, 7) is 3.64. The Morgan fingerprint density at radius 1 is 1.23 bits per heavy atom. The van der Waals surface area contributed by atoms with Crippen molar-refractivity contribution in [2.75, 3.05) is 11.6 Å². The van der Waals surface area contributed by atoms with E-state index < -0.39 is 21.8 Å². The molecule has 8 nitrogen and oxygen atoms in total. The van der Waals surface area contributed by atoms with Crippen molar-refractivity contribution in [3.8, 4) is 0 Å². The number of sulfone groups is 1. The summed E-state index contributed by atoms with van der Waals surface area (Å²) in [5.41, 5.74) is 1.62. The van der Waals surface area contributed by atoms with Crippen molar-refractivity contribution < 1.29 is 13.2 Å². The van der Waals surface area contributed by atoms with E-state index in [-0.39, 0.29) is 11.7 Å². The first-order valence-corrected chi connectivity index (χ1v) is 11.5. The molecule has 0 unspecified atom stereocenters. The van der Waals surface area contributed by atoms with E-state index in [4.69, 9.17) is 11.6 Å². The van der Waals surface area contributed by atoms with Crippen LogP contribution in [0.3, 0.4) is 0 Å². The Morgan fingerprint density at radius 3 is 2.67 bits per heavy atom. The van der Waals surface area contributed by atoms with Gasteiger partial charge in [0.15, 0.2) is 15.5 Å². The van der Waals surface area contributed by atoms with Crippen LogP contribution < -0.4 is 10.6 Å². The van der Waals surface area contributed by atoms with Crippen molar-refractivity contribution in [3.05, 3.63) is 70.5 Å². The Balaban J connectivity index is 1.83. The van der Waals surface area contributed by atoms with Crippen LogP contribution in [0.1, 0.15) is 35.9 Å². The summed E-state index contributed by atoms with van der Waals surface area (Å²) < 4.78 is 24.1. The van der Waals surface area contributed by atoms with Crippen molar-refractivity contribution in [3.63, 3.8) is 0 Å². The van der Waals surface area contributed by atoms with Gasteiger partial charge >= 0.3 is 0 Å². The molecule has 3 rings (SSSR count). The lowest BCUT2D eigenvalue weighted by Crippen LogP contribution is -2.32. The summed E-state index contributed by atoms with van der Waals surface area (Å²) >= 11 is 6.28. The van der Waals surface area contributed by atoms with Crippen LogP contribution in [0.25, 0.3) is 5.52 Å². The maximum atomic E-state index is 12.7. The summed E-state index contributed by atoms with van der Waals surface area (Å²) in [6, 6.07) is 8.61. The van der Waals surface area contributed by atoms with E-state index >= 15 is 0 Å². The molecule has 30 heavy (non-hydrogen) atoms. The zero-order chi connectivity index (χ0) is 21.9. The molecule has 0 saturated heterocycles. The minimum atomic E-state index is -3.27. The highest BCUT2D eigenvalue weighted by molar-refractivity contribution is 7.93. The predicted molar refractivity (Wildman–Crippen MR) is 117 cm³/mol. The highest BCUT2D eigenvalue weighted by Gasteiger charge is 2.18. The zero-order valence-corrected chi connectivity index (χ0v) is 18.3. The molecule has 0 aliphatic rings. The van der Waals surface area contributed by atoms with Gasteiger partial charge < -0.3 is 10.6 Å². The van der Waals surface area contributed by atoms with Crippen LogP contribution in [0.15, 0.2) is 54.2 Å². The van der Waals surface area contributed by atoms with Crippen LogP contribution in [0, 0.1) is 0 Å². The standard InChI is InChI=1S/C20H22ClN5O3S/c1-13(9-11-30(3,28)29)24-20(27)19-17-8-10-23-26(17)18(12-22-19)25-14(2)15-6-4-5-7-16(15)21/h4-14,25H,1-3H3,(H,24,27)/b11-9+/t13-,14+/m1/s1.